The smallest absolute Gasteiger partial charge is 0.249 e. The van der Waals surface area contributed by atoms with Crippen LogP contribution in [0.5, 0.6) is 5.75 Å². The summed E-state index contributed by atoms with van der Waals surface area (Å²) in [5, 5.41) is 4.01. The van der Waals surface area contributed by atoms with Gasteiger partial charge in [0.15, 0.2) is 0 Å². The molecular weight excluding hydrogens is 332 g/mol. The second kappa shape index (κ2) is 6.95. The molecular formula is C19H18N4O3. The van der Waals surface area contributed by atoms with E-state index in [9.17, 15) is 4.79 Å². The molecule has 0 bridgehead atoms. The second-order valence-corrected chi connectivity index (χ2v) is 6.12. The summed E-state index contributed by atoms with van der Waals surface area (Å²) in [7, 11) is 1.61. The Bertz CT molecular complexity index is 910. The van der Waals surface area contributed by atoms with E-state index in [1.165, 1.54) is 0 Å². The van der Waals surface area contributed by atoms with Crippen molar-refractivity contribution in [1.82, 2.24) is 20.0 Å². The van der Waals surface area contributed by atoms with Gasteiger partial charge in [-0.1, -0.05) is 17.3 Å². The molecule has 0 saturated carbocycles. The Labute approximate surface area is 150 Å². The monoisotopic (exact) mass is 350 g/mol. The number of pyridine rings is 1. The highest BCUT2D eigenvalue weighted by Crippen LogP contribution is 2.33. The maximum Gasteiger partial charge on any atom is 0.249 e. The average molecular weight is 350 g/mol. The third kappa shape index (κ3) is 3.15. The minimum atomic E-state index is -0.161. The van der Waals surface area contributed by atoms with Gasteiger partial charge in [-0.15, -0.1) is 0 Å². The number of nitrogens with zero attached hydrogens (tertiary/aromatic N) is 4. The fourth-order valence-electron chi connectivity index (χ4n) is 2.98. The summed E-state index contributed by atoms with van der Waals surface area (Å²) >= 11 is 0. The van der Waals surface area contributed by atoms with Crippen LogP contribution in [0.2, 0.25) is 0 Å². The number of ether oxygens (including phenoxy) is 1. The van der Waals surface area contributed by atoms with Gasteiger partial charge < -0.3 is 14.2 Å². The van der Waals surface area contributed by atoms with E-state index in [1.807, 2.05) is 36.4 Å². The molecule has 7 nitrogen and oxygen atoms in total. The first-order valence-electron chi connectivity index (χ1n) is 8.41. The molecule has 1 unspecified atom stereocenters. The maximum absolute atomic E-state index is 12.6. The van der Waals surface area contributed by atoms with Crippen molar-refractivity contribution in [2.24, 2.45) is 0 Å². The highest BCUT2D eigenvalue weighted by molar-refractivity contribution is 5.80. The molecule has 3 heterocycles. The van der Waals surface area contributed by atoms with E-state index in [0.29, 0.717) is 24.7 Å². The summed E-state index contributed by atoms with van der Waals surface area (Å²) in [5.74, 6) is 1.73. The van der Waals surface area contributed by atoms with E-state index in [1.54, 1.807) is 24.4 Å². The van der Waals surface area contributed by atoms with Crippen molar-refractivity contribution in [3.8, 4) is 17.1 Å². The summed E-state index contributed by atoms with van der Waals surface area (Å²) in [6.45, 7) is 0.693. The third-order valence-electron chi connectivity index (χ3n) is 4.48. The molecule has 26 heavy (non-hydrogen) atoms. The molecule has 0 spiro atoms. The number of aromatic nitrogens is 3. The number of carbonyl (C=O) groups is 1. The molecule has 7 heteroatoms. The fourth-order valence-corrected chi connectivity index (χ4v) is 2.98. The van der Waals surface area contributed by atoms with E-state index in [0.717, 1.165) is 23.3 Å². The lowest BCUT2D eigenvalue weighted by atomic mass is 10.0. The first-order valence-corrected chi connectivity index (χ1v) is 8.41. The molecule has 4 rings (SSSR count). The minimum absolute atomic E-state index is 0.0376. The van der Waals surface area contributed by atoms with Crippen LogP contribution in [0.4, 0.5) is 0 Å². The van der Waals surface area contributed by atoms with Crippen LogP contribution in [-0.4, -0.2) is 39.6 Å². The number of carbonyl (C=O) groups excluding carboxylic acids is 1. The fraction of sp³-hybridized carbons (Fsp3) is 0.263. The topological polar surface area (TPSA) is 81.4 Å². The standard InChI is InChI=1S/C19H18N4O3/c1-25-15-6-2-4-13(10-15)11-17(24)23-9-7-16(23)19-21-18(22-26-19)14-5-3-8-20-12-14/h2-6,8,10,12,16H,7,9,11H2,1H3. The number of rotatable bonds is 5. The van der Waals surface area contributed by atoms with Crippen LogP contribution >= 0.6 is 0 Å². The van der Waals surface area contributed by atoms with Gasteiger partial charge in [-0.3, -0.25) is 9.78 Å². The zero-order chi connectivity index (χ0) is 17.9. The van der Waals surface area contributed by atoms with Crippen molar-refractivity contribution in [2.75, 3.05) is 13.7 Å². The van der Waals surface area contributed by atoms with Gasteiger partial charge in [0.2, 0.25) is 17.6 Å². The van der Waals surface area contributed by atoms with Crippen LogP contribution in [0.15, 0.2) is 53.3 Å². The molecule has 1 fully saturated rings. The Kier molecular flexibility index (Phi) is 4.35. The molecule has 1 atom stereocenters. The lowest BCUT2D eigenvalue weighted by Gasteiger charge is -2.38. The Morgan fingerprint density at radius 2 is 2.27 bits per heavy atom. The lowest BCUT2D eigenvalue weighted by Crippen LogP contribution is -2.46. The molecule has 3 aromatic rings. The summed E-state index contributed by atoms with van der Waals surface area (Å²) < 4.78 is 10.6. The predicted octanol–water partition coefficient (Wildman–Crippen LogP) is 2.66. The SMILES string of the molecule is COc1cccc(CC(=O)N2CCC2c2nc(-c3cccnc3)no2)c1. The Hall–Kier alpha value is -3.22. The summed E-state index contributed by atoms with van der Waals surface area (Å²) in [5.41, 5.74) is 1.71. The van der Waals surface area contributed by atoms with Gasteiger partial charge in [0, 0.05) is 24.5 Å². The highest BCUT2D eigenvalue weighted by Gasteiger charge is 2.37. The van der Waals surface area contributed by atoms with E-state index < -0.39 is 0 Å². The molecule has 0 N–H and O–H groups in total. The van der Waals surface area contributed by atoms with Crippen LogP contribution in [-0.2, 0) is 11.2 Å². The molecule has 1 aliphatic rings. The number of amides is 1. The van der Waals surface area contributed by atoms with Crippen molar-refractivity contribution in [3.05, 3.63) is 60.2 Å². The molecule has 2 aromatic heterocycles. The Balaban J connectivity index is 1.46. The molecule has 1 aliphatic heterocycles. The number of methoxy groups -OCH3 is 1. The zero-order valence-corrected chi connectivity index (χ0v) is 14.3. The number of likely N-dealkylation sites (tertiary alicyclic amines) is 1. The summed E-state index contributed by atoms with van der Waals surface area (Å²) in [6.07, 6.45) is 4.51. The highest BCUT2D eigenvalue weighted by atomic mass is 16.5. The lowest BCUT2D eigenvalue weighted by molar-refractivity contribution is -0.139. The molecule has 132 valence electrons. The average Bonchev–Trinajstić information content (AvgIpc) is 3.11. The van der Waals surface area contributed by atoms with Gasteiger partial charge in [0.05, 0.1) is 13.5 Å². The van der Waals surface area contributed by atoms with Gasteiger partial charge in [-0.2, -0.15) is 4.98 Å². The maximum atomic E-state index is 12.6. The van der Waals surface area contributed by atoms with E-state index in [2.05, 4.69) is 15.1 Å². The van der Waals surface area contributed by atoms with Crippen molar-refractivity contribution in [3.63, 3.8) is 0 Å². The van der Waals surface area contributed by atoms with Gasteiger partial charge in [0.1, 0.15) is 11.8 Å². The van der Waals surface area contributed by atoms with Crippen LogP contribution in [0.1, 0.15) is 23.9 Å². The van der Waals surface area contributed by atoms with Crippen molar-refractivity contribution in [2.45, 2.75) is 18.9 Å². The minimum Gasteiger partial charge on any atom is -0.497 e. The van der Waals surface area contributed by atoms with Crippen LogP contribution < -0.4 is 4.74 Å². The third-order valence-corrected chi connectivity index (χ3v) is 4.48. The molecule has 1 saturated heterocycles. The normalized spacial score (nSPS) is 16.2. The molecule has 1 aromatic carbocycles. The summed E-state index contributed by atoms with van der Waals surface area (Å²) in [6, 6.07) is 11.1. The van der Waals surface area contributed by atoms with E-state index in [4.69, 9.17) is 9.26 Å². The van der Waals surface area contributed by atoms with Crippen LogP contribution in [0.25, 0.3) is 11.4 Å². The predicted molar refractivity (Wildman–Crippen MR) is 93.3 cm³/mol. The number of hydrogen-bond acceptors (Lipinski definition) is 6. The van der Waals surface area contributed by atoms with E-state index in [-0.39, 0.29) is 11.9 Å². The first-order chi connectivity index (χ1) is 12.7. The second-order valence-electron chi connectivity index (χ2n) is 6.12. The molecule has 1 amide bonds. The van der Waals surface area contributed by atoms with Crippen molar-refractivity contribution < 1.29 is 14.1 Å². The van der Waals surface area contributed by atoms with Crippen LogP contribution in [0.3, 0.4) is 0 Å². The number of benzene rings is 1. The molecule has 0 aliphatic carbocycles. The Morgan fingerprint density at radius 3 is 3.00 bits per heavy atom. The first kappa shape index (κ1) is 16.3. The number of hydrogen-bond donors (Lipinski definition) is 0. The largest absolute Gasteiger partial charge is 0.497 e. The Morgan fingerprint density at radius 1 is 1.35 bits per heavy atom. The quantitative estimate of drug-likeness (QED) is 0.704. The van der Waals surface area contributed by atoms with Gasteiger partial charge in [0.25, 0.3) is 0 Å². The van der Waals surface area contributed by atoms with Gasteiger partial charge in [-0.05, 0) is 36.2 Å². The summed E-state index contributed by atoms with van der Waals surface area (Å²) in [4.78, 5) is 22.9. The van der Waals surface area contributed by atoms with E-state index >= 15 is 0 Å². The van der Waals surface area contributed by atoms with Crippen molar-refractivity contribution >= 4 is 5.91 Å². The van der Waals surface area contributed by atoms with Gasteiger partial charge in [-0.25, -0.2) is 0 Å². The zero-order valence-electron chi connectivity index (χ0n) is 14.3. The molecule has 0 radical (unpaired) electrons. The van der Waals surface area contributed by atoms with Crippen molar-refractivity contribution in [1.29, 1.82) is 0 Å². The van der Waals surface area contributed by atoms with Crippen LogP contribution in [0, 0.1) is 0 Å². The van der Waals surface area contributed by atoms with Gasteiger partial charge >= 0.3 is 0 Å².